The van der Waals surface area contributed by atoms with Crippen LogP contribution in [0, 0.1) is 0 Å². The van der Waals surface area contributed by atoms with Crippen molar-refractivity contribution in [3.63, 3.8) is 0 Å². The Hall–Kier alpha value is -4.23. The molecule has 0 aliphatic carbocycles. The number of aryl methyl sites for hydroxylation is 2. The number of nitrogens with two attached hydrogens (primary N) is 1. The van der Waals surface area contributed by atoms with E-state index in [1.54, 1.807) is 18.3 Å². The number of carbonyl (C=O) groups is 3. The Bertz CT molecular complexity index is 1370. The van der Waals surface area contributed by atoms with E-state index in [9.17, 15) is 19.2 Å². The molecule has 2 heterocycles. The van der Waals surface area contributed by atoms with E-state index in [0.29, 0.717) is 62.2 Å². The van der Waals surface area contributed by atoms with E-state index < -0.39 is 5.97 Å². The van der Waals surface area contributed by atoms with Crippen LogP contribution in [0.5, 0.6) is 0 Å². The molecule has 0 bridgehead atoms. The SMILES string of the molecule is CC.CCCCCCCC.CNCCOCCOC(C)=O.Nc1nc2[nH]cc(CCc3ccc(C(=O)NCCCC(=O)O)cc3)c2c(=O)[nH]1. The quantitative estimate of drug-likeness (QED) is 0.0700. The van der Waals surface area contributed by atoms with Crippen molar-refractivity contribution in [1.29, 1.82) is 0 Å². The van der Waals surface area contributed by atoms with E-state index in [-0.39, 0.29) is 29.8 Å². The van der Waals surface area contributed by atoms with Gasteiger partial charge in [-0.25, -0.2) is 0 Å². The molecule has 0 unspecified atom stereocenters. The van der Waals surface area contributed by atoms with Gasteiger partial charge in [-0.2, -0.15) is 4.98 Å². The molecule has 2 aromatic heterocycles. The standard InChI is InChI=1S/C19H21N5O4.C8H18.C7H15NO3.C2H6/c20-19-23-16-15(18(28)24-19)13(10-22-16)8-5-11-3-6-12(7-4-11)17(27)21-9-1-2-14(25)26;1-3-5-7-8-6-4-2;1-7(9)11-6-5-10-4-3-8-2;1-2/h3-4,6-7,10H,1-2,5,8-9H2,(H,21,27)(H,25,26)(H4,20,22,23,24,28);3-8H2,1-2H3;8H,3-6H2,1-2H3;1-2H3. The lowest BCUT2D eigenvalue weighted by Gasteiger charge is -2.06. The summed E-state index contributed by atoms with van der Waals surface area (Å²) in [6, 6.07) is 7.18. The van der Waals surface area contributed by atoms with Crippen LogP contribution in [0.25, 0.3) is 11.0 Å². The predicted molar refractivity (Wildman–Crippen MR) is 196 cm³/mol. The Balaban J connectivity index is 0.000000904. The molecule has 0 fully saturated rings. The number of aromatic nitrogens is 3. The van der Waals surface area contributed by atoms with E-state index in [0.717, 1.165) is 17.7 Å². The highest BCUT2D eigenvalue weighted by molar-refractivity contribution is 5.94. The second kappa shape index (κ2) is 28.8. The van der Waals surface area contributed by atoms with Gasteiger partial charge in [0, 0.05) is 38.2 Å². The number of ether oxygens (including phenoxy) is 2. The van der Waals surface area contributed by atoms with Crippen LogP contribution >= 0.6 is 0 Å². The average Bonchev–Trinajstić information content (AvgIpc) is 3.50. The molecule has 0 atom stereocenters. The maximum absolute atomic E-state index is 12.1. The zero-order valence-electron chi connectivity index (χ0n) is 30.4. The van der Waals surface area contributed by atoms with E-state index >= 15 is 0 Å². The number of benzene rings is 1. The van der Waals surface area contributed by atoms with Gasteiger partial charge in [-0.05, 0) is 49.6 Å². The maximum atomic E-state index is 12.1. The number of nitrogens with zero attached hydrogens (tertiary/aromatic N) is 1. The number of nitrogens with one attached hydrogen (secondary N) is 4. The lowest BCUT2D eigenvalue weighted by atomic mass is 10.0. The first-order valence-corrected chi connectivity index (χ1v) is 17.4. The minimum absolute atomic E-state index is 0.0258. The molecule has 3 rings (SSSR count). The number of carboxylic acids is 1. The Morgan fingerprint density at radius 2 is 1.57 bits per heavy atom. The number of aromatic amines is 2. The topological polar surface area (TPSA) is 202 Å². The van der Waals surface area contributed by atoms with Crippen LogP contribution in [0.3, 0.4) is 0 Å². The van der Waals surface area contributed by atoms with E-state index in [2.05, 4.69) is 44.2 Å². The lowest BCUT2D eigenvalue weighted by Crippen LogP contribution is -2.24. The molecule has 0 aliphatic rings. The third kappa shape index (κ3) is 21.4. The van der Waals surface area contributed by atoms with Gasteiger partial charge in [-0.3, -0.25) is 24.2 Å². The summed E-state index contributed by atoms with van der Waals surface area (Å²) in [6.07, 6.45) is 12.0. The second-order valence-corrected chi connectivity index (χ2v) is 10.9. The molecule has 13 nitrogen and oxygen atoms in total. The van der Waals surface area contributed by atoms with Gasteiger partial charge >= 0.3 is 11.9 Å². The molecule has 1 amide bonds. The number of likely N-dealkylation sites (N-methyl/N-ethyl adjacent to an activating group) is 1. The van der Waals surface area contributed by atoms with Crippen molar-refractivity contribution in [2.45, 2.75) is 98.8 Å². The molecule has 1 aromatic carbocycles. The smallest absolute Gasteiger partial charge is 0.303 e. The lowest BCUT2D eigenvalue weighted by molar-refractivity contribution is -0.142. The molecule has 0 aliphatic heterocycles. The minimum Gasteiger partial charge on any atom is -0.481 e. The number of aliphatic carboxylic acids is 1. The summed E-state index contributed by atoms with van der Waals surface area (Å²) < 4.78 is 9.72. The number of H-pyrrole nitrogens is 2. The summed E-state index contributed by atoms with van der Waals surface area (Å²) in [4.78, 5) is 54.4. The highest BCUT2D eigenvalue weighted by atomic mass is 16.6. The fourth-order valence-corrected chi connectivity index (χ4v) is 4.34. The molecule has 276 valence electrons. The van der Waals surface area contributed by atoms with Crippen molar-refractivity contribution in [3.05, 3.63) is 57.5 Å². The van der Waals surface area contributed by atoms with Gasteiger partial charge in [-0.15, -0.1) is 0 Å². The van der Waals surface area contributed by atoms with Crippen molar-refractivity contribution in [3.8, 4) is 0 Å². The molecule has 49 heavy (non-hydrogen) atoms. The van der Waals surface area contributed by atoms with Crippen molar-refractivity contribution in [2.24, 2.45) is 0 Å². The molecule has 3 aromatic rings. The molecule has 0 spiro atoms. The Labute approximate surface area is 291 Å². The minimum atomic E-state index is -0.880. The first-order chi connectivity index (χ1) is 23.6. The van der Waals surface area contributed by atoms with Gasteiger partial charge in [0.05, 0.1) is 18.6 Å². The number of carboxylic acid groups (broad SMARTS) is 1. The number of rotatable bonds is 19. The van der Waals surface area contributed by atoms with Gasteiger partial charge in [0.1, 0.15) is 12.3 Å². The van der Waals surface area contributed by atoms with Gasteiger partial charge in [-0.1, -0.05) is 78.4 Å². The predicted octanol–water partition coefficient (Wildman–Crippen LogP) is 5.39. The number of anilines is 1. The number of nitrogen functional groups attached to an aromatic ring is 1. The van der Waals surface area contributed by atoms with Crippen molar-refractivity contribution >= 4 is 34.8 Å². The van der Waals surface area contributed by atoms with E-state index in [4.69, 9.17) is 15.6 Å². The summed E-state index contributed by atoms with van der Waals surface area (Å²) in [5.41, 5.74) is 8.13. The van der Waals surface area contributed by atoms with Gasteiger partial charge in [0.15, 0.2) is 0 Å². The molecule has 13 heteroatoms. The maximum Gasteiger partial charge on any atom is 0.303 e. The van der Waals surface area contributed by atoms with Crippen LogP contribution in [0.4, 0.5) is 5.95 Å². The molecular weight excluding hydrogens is 628 g/mol. The number of hydrogen-bond acceptors (Lipinski definition) is 9. The largest absolute Gasteiger partial charge is 0.481 e. The van der Waals surface area contributed by atoms with Crippen LogP contribution in [-0.2, 0) is 31.9 Å². The number of fused-ring (bicyclic) bond motifs is 1. The van der Waals surface area contributed by atoms with Gasteiger partial charge in [0.25, 0.3) is 11.5 Å². The number of amides is 1. The first-order valence-electron chi connectivity index (χ1n) is 17.4. The normalized spacial score (nSPS) is 10.1. The van der Waals surface area contributed by atoms with Gasteiger partial charge < -0.3 is 35.9 Å². The summed E-state index contributed by atoms with van der Waals surface area (Å²) >= 11 is 0. The van der Waals surface area contributed by atoms with Gasteiger partial charge in [0.2, 0.25) is 5.95 Å². The number of carbonyl (C=O) groups excluding carboxylic acids is 2. The molecule has 0 radical (unpaired) electrons. The highest BCUT2D eigenvalue weighted by Crippen LogP contribution is 2.16. The zero-order chi connectivity index (χ0) is 36.9. The summed E-state index contributed by atoms with van der Waals surface area (Å²) in [5, 5.41) is 14.7. The summed E-state index contributed by atoms with van der Waals surface area (Å²) in [6.45, 7) is 12.5. The first kappa shape index (κ1) is 44.8. The number of esters is 1. The molecule has 7 N–H and O–H groups in total. The second-order valence-electron chi connectivity index (χ2n) is 10.9. The Morgan fingerprint density at radius 3 is 2.14 bits per heavy atom. The van der Waals surface area contributed by atoms with Crippen LogP contribution < -0.4 is 21.9 Å². The molecular formula is C36H60N6O7. The van der Waals surface area contributed by atoms with Crippen LogP contribution in [0.15, 0.2) is 35.3 Å². The monoisotopic (exact) mass is 688 g/mol. The van der Waals surface area contributed by atoms with E-state index in [1.165, 1.54) is 45.4 Å². The third-order valence-corrected chi connectivity index (χ3v) is 6.88. The molecule has 0 saturated heterocycles. The highest BCUT2D eigenvalue weighted by Gasteiger charge is 2.11. The number of unbranched alkanes of at least 4 members (excludes halogenated alkanes) is 5. The van der Waals surface area contributed by atoms with Crippen LogP contribution in [0.1, 0.15) is 107 Å². The van der Waals surface area contributed by atoms with Crippen LogP contribution in [-0.4, -0.2) is 77.9 Å². The average molecular weight is 689 g/mol. The summed E-state index contributed by atoms with van der Waals surface area (Å²) in [5.74, 6) is -1.30. The van der Waals surface area contributed by atoms with E-state index in [1.807, 2.05) is 33.0 Å². The van der Waals surface area contributed by atoms with Crippen molar-refractivity contribution in [2.75, 3.05) is 45.7 Å². The Kier molecular flexibility index (Phi) is 26.3. The fourth-order valence-electron chi connectivity index (χ4n) is 4.34. The van der Waals surface area contributed by atoms with Crippen molar-refractivity contribution in [1.82, 2.24) is 25.6 Å². The zero-order valence-corrected chi connectivity index (χ0v) is 30.4. The van der Waals surface area contributed by atoms with Crippen LogP contribution in [0.2, 0.25) is 0 Å². The third-order valence-electron chi connectivity index (χ3n) is 6.88. The van der Waals surface area contributed by atoms with Crippen molar-refractivity contribution < 1.29 is 29.0 Å². The summed E-state index contributed by atoms with van der Waals surface area (Å²) in [7, 11) is 1.86. The molecule has 0 saturated carbocycles. The fraction of sp³-hybridized carbons (Fsp3) is 0.583. The number of hydrogen-bond donors (Lipinski definition) is 6. The Morgan fingerprint density at radius 1 is 0.918 bits per heavy atom.